The van der Waals surface area contributed by atoms with Crippen molar-refractivity contribution in [3.63, 3.8) is 0 Å². The predicted molar refractivity (Wildman–Crippen MR) is 220 cm³/mol. The number of aryl methyl sites for hydroxylation is 1. The van der Waals surface area contributed by atoms with Gasteiger partial charge in [0.05, 0.1) is 16.7 Å². The lowest BCUT2D eigenvalue weighted by atomic mass is 9.84. The summed E-state index contributed by atoms with van der Waals surface area (Å²) in [5.74, 6) is 0.888. The first kappa shape index (κ1) is 29.5. The maximum Gasteiger partial charge on any atom is 0.175 e. The van der Waals surface area contributed by atoms with Crippen molar-refractivity contribution >= 4 is 77.2 Å². The molecule has 0 radical (unpaired) electrons. The Morgan fingerprint density at radius 3 is 1.81 bits per heavy atom. The largest absolute Gasteiger partial charge is 0.308 e. The number of rotatable bonds is 3. The van der Waals surface area contributed by atoms with Crippen LogP contribution in [0.25, 0.3) is 82.1 Å². The number of nitrogens with zero attached hydrogens (tertiary/aromatic N) is 2. The van der Waals surface area contributed by atoms with Gasteiger partial charge in [0.1, 0.15) is 5.82 Å². The minimum atomic E-state index is -3.29. The highest BCUT2D eigenvalue weighted by Gasteiger charge is 2.39. The van der Waals surface area contributed by atoms with E-state index in [1.807, 2.05) is 55.5 Å². The van der Waals surface area contributed by atoms with E-state index < -0.39 is 7.14 Å². The highest BCUT2D eigenvalue weighted by Crippen LogP contribution is 2.51. The van der Waals surface area contributed by atoms with E-state index in [1.165, 1.54) is 54.2 Å². The summed E-state index contributed by atoms with van der Waals surface area (Å²) in [5.41, 5.74) is 7.39. The maximum atomic E-state index is 16.0. The molecule has 11 rings (SSSR count). The summed E-state index contributed by atoms with van der Waals surface area (Å²) < 4.78 is 18.2. The summed E-state index contributed by atoms with van der Waals surface area (Å²) in [6, 6.07) is 60.1. The third-order valence-electron chi connectivity index (χ3n) is 11.1. The SMILES string of the molecule is Cc1nc2cccc3c2n1-c1ccc(-c2c4ccccc4c(-c4cc5ccccc5c5ccccc45)c4ccccc24)cc1P3(=O)c1ccccc1. The zero-order valence-electron chi connectivity index (χ0n) is 28.4. The molecule has 1 atom stereocenters. The average molecular weight is 683 g/mol. The number of hydrogen-bond donors (Lipinski definition) is 0. The van der Waals surface area contributed by atoms with E-state index >= 15 is 4.57 Å². The van der Waals surface area contributed by atoms with Gasteiger partial charge in [-0.2, -0.15) is 0 Å². The lowest BCUT2D eigenvalue weighted by molar-refractivity contribution is 0.592. The molecule has 0 bridgehead atoms. The summed E-state index contributed by atoms with van der Waals surface area (Å²) in [7, 11) is -3.29. The van der Waals surface area contributed by atoms with Crippen LogP contribution >= 0.6 is 7.14 Å². The van der Waals surface area contributed by atoms with Crippen molar-refractivity contribution < 1.29 is 4.57 Å². The molecule has 9 aromatic carbocycles. The molecule has 1 aromatic heterocycles. The molecule has 0 fully saturated rings. The second-order valence-electron chi connectivity index (χ2n) is 13.8. The summed E-state index contributed by atoms with van der Waals surface area (Å²) in [5, 5.41) is 12.2. The van der Waals surface area contributed by atoms with Crippen LogP contribution in [-0.2, 0) is 4.57 Å². The number of aromatic nitrogens is 2. The second kappa shape index (κ2) is 10.9. The molecule has 2 heterocycles. The van der Waals surface area contributed by atoms with Gasteiger partial charge in [0.15, 0.2) is 7.14 Å². The highest BCUT2D eigenvalue weighted by atomic mass is 31.2. The van der Waals surface area contributed by atoms with Crippen molar-refractivity contribution in [2.24, 2.45) is 0 Å². The molecule has 52 heavy (non-hydrogen) atoms. The van der Waals surface area contributed by atoms with Gasteiger partial charge in [-0.15, -0.1) is 0 Å². The monoisotopic (exact) mass is 682 g/mol. The van der Waals surface area contributed by atoms with E-state index in [0.717, 1.165) is 49.6 Å². The quantitative estimate of drug-likeness (QED) is 0.106. The number of para-hydroxylation sites is 1. The number of hydrogen-bond acceptors (Lipinski definition) is 2. The predicted octanol–water partition coefficient (Wildman–Crippen LogP) is 11.2. The minimum absolute atomic E-state index is 0.833. The van der Waals surface area contributed by atoms with E-state index in [4.69, 9.17) is 4.98 Å². The third kappa shape index (κ3) is 3.92. The molecule has 0 amide bonds. The Morgan fingerprint density at radius 1 is 0.500 bits per heavy atom. The Hall–Kier alpha value is -6.28. The Bertz CT molecular complexity index is 3120. The van der Waals surface area contributed by atoms with Crippen LogP contribution in [0.3, 0.4) is 0 Å². The lowest BCUT2D eigenvalue weighted by Gasteiger charge is -2.29. The summed E-state index contributed by atoms with van der Waals surface area (Å²) in [4.78, 5) is 4.93. The summed E-state index contributed by atoms with van der Waals surface area (Å²) >= 11 is 0. The summed E-state index contributed by atoms with van der Waals surface area (Å²) in [6.45, 7) is 2.04. The fraction of sp³-hybridized carbons (Fsp3) is 0.0208. The number of imidazole rings is 1. The molecular formula is C48H31N2OP. The molecule has 0 saturated heterocycles. The molecule has 0 saturated carbocycles. The standard InChI is InChI=1S/C48H31N2OP/c1-30-49-42-24-13-25-44-48(42)50(30)43-27-26-32(29-45(43)52(44,51)33-15-3-2-4-16-33)46-37-20-9-11-22-39(37)47(40-23-12-10-21-38(40)46)41-28-31-14-5-6-17-34(31)35-18-7-8-19-36(35)41/h2-29H,1H3. The molecule has 1 aliphatic heterocycles. The highest BCUT2D eigenvalue weighted by molar-refractivity contribution is 7.86. The van der Waals surface area contributed by atoms with Crippen molar-refractivity contribution in [2.45, 2.75) is 6.92 Å². The van der Waals surface area contributed by atoms with Crippen LogP contribution in [0.5, 0.6) is 0 Å². The van der Waals surface area contributed by atoms with Crippen molar-refractivity contribution in [3.05, 3.63) is 176 Å². The molecule has 0 aliphatic carbocycles. The van der Waals surface area contributed by atoms with E-state index in [1.54, 1.807) is 0 Å². The van der Waals surface area contributed by atoms with Crippen molar-refractivity contribution in [1.29, 1.82) is 0 Å². The molecule has 1 unspecified atom stereocenters. The van der Waals surface area contributed by atoms with Gasteiger partial charge >= 0.3 is 0 Å². The van der Waals surface area contributed by atoms with Crippen LogP contribution in [0.1, 0.15) is 5.82 Å². The number of fused-ring (bicyclic) bond motifs is 7. The van der Waals surface area contributed by atoms with Gasteiger partial charge in [0, 0.05) is 15.9 Å². The molecule has 1 aliphatic rings. The Balaban J connectivity index is 1.25. The van der Waals surface area contributed by atoms with Crippen LogP contribution in [0.2, 0.25) is 0 Å². The van der Waals surface area contributed by atoms with Crippen molar-refractivity contribution in [3.8, 4) is 27.9 Å². The van der Waals surface area contributed by atoms with Crippen LogP contribution in [0.4, 0.5) is 0 Å². The first-order valence-electron chi connectivity index (χ1n) is 17.8. The zero-order chi connectivity index (χ0) is 34.6. The molecular weight excluding hydrogens is 652 g/mol. The summed E-state index contributed by atoms with van der Waals surface area (Å²) in [6.07, 6.45) is 0. The van der Waals surface area contributed by atoms with E-state index in [-0.39, 0.29) is 0 Å². The van der Waals surface area contributed by atoms with Gasteiger partial charge in [-0.05, 0) is 103 Å². The van der Waals surface area contributed by atoms with E-state index in [0.29, 0.717) is 0 Å². The maximum absolute atomic E-state index is 16.0. The molecule has 244 valence electrons. The Labute approximate surface area is 300 Å². The van der Waals surface area contributed by atoms with Crippen molar-refractivity contribution in [2.75, 3.05) is 0 Å². The van der Waals surface area contributed by atoms with E-state index in [9.17, 15) is 0 Å². The molecule has 3 nitrogen and oxygen atoms in total. The normalized spacial score (nSPS) is 15.2. The first-order chi connectivity index (χ1) is 25.6. The molecule has 4 heteroatoms. The van der Waals surface area contributed by atoms with Crippen LogP contribution in [-0.4, -0.2) is 9.55 Å². The van der Waals surface area contributed by atoms with Gasteiger partial charge < -0.3 is 4.57 Å². The smallest absolute Gasteiger partial charge is 0.175 e. The molecule has 0 N–H and O–H groups in total. The fourth-order valence-electron chi connectivity index (χ4n) is 8.93. The van der Waals surface area contributed by atoms with E-state index in [2.05, 4.69) is 126 Å². The van der Waals surface area contributed by atoms with Gasteiger partial charge in [0.25, 0.3) is 0 Å². The second-order valence-corrected chi connectivity index (χ2v) is 16.5. The minimum Gasteiger partial charge on any atom is -0.308 e. The lowest BCUT2D eigenvalue weighted by Crippen LogP contribution is -2.33. The molecule has 0 spiro atoms. The van der Waals surface area contributed by atoms with Gasteiger partial charge in [-0.25, -0.2) is 4.98 Å². The van der Waals surface area contributed by atoms with Crippen molar-refractivity contribution in [1.82, 2.24) is 9.55 Å². The fourth-order valence-corrected chi connectivity index (χ4v) is 12.0. The van der Waals surface area contributed by atoms with Gasteiger partial charge in [-0.3, -0.25) is 4.57 Å². The average Bonchev–Trinajstić information content (AvgIpc) is 3.55. The zero-order valence-corrected chi connectivity index (χ0v) is 29.3. The van der Waals surface area contributed by atoms with Crippen LogP contribution in [0, 0.1) is 6.92 Å². The third-order valence-corrected chi connectivity index (χ3v) is 14.2. The topological polar surface area (TPSA) is 34.9 Å². The van der Waals surface area contributed by atoms with Crippen LogP contribution < -0.4 is 15.9 Å². The number of benzene rings is 9. The van der Waals surface area contributed by atoms with Crippen LogP contribution in [0.15, 0.2) is 170 Å². The first-order valence-corrected chi connectivity index (χ1v) is 19.5. The molecule has 10 aromatic rings. The Kier molecular flexibility index (Phi) is 6.15. The van der Waals surface area contributed by atoms with Gasteiger partial charge in [-0.1, -0.05) is 140 Å². The Morgan fingerprint density at radius 2 is 1.10 bits per heavy atom. The van der Waals surface area contributed by atoms with Gasteiger partial charge in [0.2, 0.25) is 0 Å².